The van der Waals surface area contributed by atoms with Gasteiger partial charge in [-0.05, 0) is 30.3 Å². The van der Waals surface area contributed by atoms with E-state index in [1.807, 2.05) is 24.3 Å². The first-order valence-electron chi connectivity index (χ1n) is 6.98. The van der Waals surface area contributed by atoms with Crippen molar-refractivity contribution in [2.45, 2.75) is 5.92 Å². The number of likely N-dealkylation sites (N-methyl/N-ethyl adjacent to an activating group) is 1. The predicted octanol–water partition coefficient (Wildman–Crippen LogP) is 2.93. The van der Waals surface area contributed by atoms with Crippen LogP contribution in [-0.2, 0) is 0 Å². The zero-order valence-electron chi connectivity index (χ0n) is 12.0. The van der Waals surface area contributed by atoms with Crippen molar-refractivity contribution in [2.24, 2.45) is 5.73 Å². The molecule has 2 aromatic rings. The third-order valence-corrected chi connectivity index (χ3v) is 4.12. The summed E-state index contributed by atoms with van der Waals surface area (Å²) in [6.07, 6.45) is 0. The summed E-state index contributed by atoms with van der Waals surface area (Å²) in [5.74, 6) is 1.42. The second kappa shape index (κ2) is 5.74. The zero-order chi connectivity index (χ0) is 14.8. The molecule has 1 aliphatic heterocycles. The average molecular weight is 298 g/mol. The van der Waals surface area contributed by atoms with Crippen molar-refractivity contribution >= 4 is 22.9 Å². The standard InChI is InChI=1S/C17H18N2OS/c1-19(14-8-6-12(7-9-14)17(18)21)10-13-11-20-16-5-3-2-4-15(13)16/h2-9,13H,10-11H2,1H3,(H2,18,21). The lowest BCUT2D eigenvalue weighted by Gasteiger charge is -2.23. The van der Waals surface area contributed by atoms with Crippen LogP contribution in [0.4, 0.5) is 5.69 Å². The van der Waals surface area contributed by atoms with E-state index < -0.39 is 0 Å². The SMILES string of the molecule is CN(CC1COc2ccccc21)c1ccc(C(N)=S)cc1. The summed E-state index contributed by atoms with van der Waals surface area (Å²) >= 11 is 4.98. The molecule has 0 aromatic heterocycles. The highest BCUT2D eigenvalue weighted by Gasteiger charge is 2.24. The van der Waals surface area contributed by atoms with E-state index in [4.69, 9.17) is 22.7 Å². The van der Waals surface area contributed by atoms with Crippen molar-refractivity contribution in [2.75, 3.05) is 25.1 Å². The van der Waals surface area contributed by atoms with Crippen molar-refractivity contribution in [1.82, 2.24) is 0 Å². The molecule has 1 heterocycles. The molecule has 3 rings (SSSR count). The minimum absolute atomic E-state index is 0.404. The Labute approximate surface area is 130 Å². The molecule has 3 nitrogen and oxygen atoms in total. The lowest BCUT2D eigenvalue weighted by molar-refractivity contribution is 0.332. The van der Waals surface area contributed by atoms with Crippen LogP contribution in [0.1, 0.15) is 17.0 Å². The van der Waals surface area contributed by atoms with E-state index in [9.17, 15) is 0 Å². The molecule has 0 radical (unpaired) electrons. The largest absolute Gasteiger partial charge is 0.493 e. The second-order valence-corrected chi connectivity index (χ2v) is 5.78. The highest BCUT2D eigenvalue weighted by Crippen LogP contribution is 2.34. The van der Waals surface area contributed by atoms with Gasteiger partial charge in [-0.3, -0.25) is 0 Å². The topological polar surface area (TPSA) is 38.5 Å². The van der Waals surface area contributed by atoms with Gasteiger partial charge in [-0.2, -0.15) is 0 Å². The van der Waals surface area contributed by atoms with Crippen LogP contribution < -0.4 is 15.4 Å². The van der Waals surface area contributed by atoms with E-state index in [0.29, 0.717) is 10.9 Å². The minimum atomic E-state index is 0.404. The lowest BCUT2D eigenvalue weighted by Crippen LogP contribution is -2.25. The van der Waals surface area contributed by atoms with Gasteiger partial charge in [-0.1, -0.05) is 30.4 Å². The fourth-order valence-corrected chi connectivity index (χ4v) is 2.83. The van der Waals surface area contributed by atoms with Crippen molar-refractivity contribution < 1.29 is 4.74 Å². The second-order valence-electron chi connectivity index (χ2n) is 5.34. The van der Waals surface area contributed by atoms with Crippen molar-refractivity contribution in [3.8, 4) is 5.75 Å². The molecule has 4 heteroatoms. The van der Waals surface area contributed by atoms with Gasteiger partial charge in [-0.25, -0.2) is 0 Å². The van der Waals surface area contributed by atoms with Gasteiger partial charge in [0.25, 0.3) is 0 Å². The van der Waals surface area contributed by atoms with Gasteiger partial charge in [0.2, 0.25) is 0 Å². The Balaban J connectivity index is 1.72. The maximum atomic E-state index is 5.74. The lowest BCUT2D eigenvalue weighted by atomic mass is 10.0. The molecule has 0 fully saturated rings. The van der Waals surface area contributed by atoms with E-state index in [0.717, 1.165) is 30.2 Å². The van der Waals surface area contributed by atoms with E-state index >= 15 is 0 Å². The Morgan fingerprint density at radius 2 is 1.95 bits per heavy atom. The summed E-state index contributed by atoms with van der Waals surface area (Å²) in [7, 11) is 2.09. The van der Waals surface area contributed by atoms with Crippen LogP contribution in [0.5, 0.6) is 5.75 Å². The van der Waals surface area contributed by atoms with E-state index in [-0.39, 0.29) is 0 Å². The zero-order valence-corrected chi connectivity index (χ0v) is 12.8. The van der Waals surface area contributed by atoms with Gasteiger partial charge in [0, 0.05) is 36.3 Å². The molecule has 0 spiro atoms. The van der Waals surface area contributed by atoms with E-state index in [2.05, 4.69) is 36.2 Å². The van der Waals surface area contributed by atoms with Gasteiger partial charge in [0.1, 0.15) is 10.7 Å². The number of rotatable bonds is 4. The van der Waals surface area contributed by atoms with Crippen LogP contribution >= 0.6 is 12.2 Å². The summed E-state index contributed by atoms with van der Waals surface area (Å²) in [6.45, 7) is 1.66. The first-order chi connectivity index (χ1) is 10.1. The van der Waals surface area contributed by atoms with E-state index in [1.54, 1.807) is 0 Å². The Morgan fingerprint density at radius 3 is 2.67 bits per heavy atom. The van der Waals surface area contributed by atoms with Crippen molar-refractivity contribution in [1.29, 1.82) is 0 Å². The summed E-state index contributed by atoms with van der Waals surface area (Å²) < 4.78 is 5.74. The Kier molecular flexibility index (Phi) is 3.80. The molecule has 0 saturated carbocycles. The van der Waals surface area contributed by atoms with Crippen LogP contribution in [0.3, 0.4) is 0 Å². The molecular formula is C17H18N2OS. The number of hydrogen-bond acceptors (Lipinski definition) is 3. The summed E-state index contributed by atoms with van der Waals surface area (Å²) in [4.78, 5) is 2.67. The van der Waals surface area contributed by atoms with Gasteiger partial charge in [0.05, 0.1) is 6.61 Å². The van der Waals surface area contributed by atoms with Crippen LogP contribution in [0.15, 0.2) is 48.5 Å². The molecular weight excluding hydrogens is 280 g/mol. The molecule has 108 valence electrons. The molecule has 0 bridgehead atoms. The first kappa shape index (κ1) is 13.9. The molecule has 1 unspecified atom stereocenters. The monoisotopic (exact) mass is 298 g/mol. The average Bonchev–Trinajstić information content (AvgIpc) is 2.91. The van der Waals surface area contributed by atoms with Crippen LogP contribution in [0, 0.1) is 0 Å². The number of nitrogens with zero attached hydrogens (tertiary/aromatic N) is 1. The normalized spacial score (nSPS) is 16.1. The first-order valence-corrected chi connectivity index (χ1v) is 7.38. The molecule has 0 saturated heterocycles. The van der Waals surface area contributed by atoms with Crippen LogP contribution in [0.25, 0.3) is 0 Å². The maximum Gasteiger partial charge on any atom is 0.122 e. The number of anilines is 1. The number of benzene rings is 2. The number of hydrogen-bond donors (Lipinski definition) is 1. The number of thiocarbonyl (C=S) groups is 1. The van der Waals surface area contributed by atoms with Gasteiger partial charge in [-0.15, -0.1) is 0 Å². The third-order valence-electron chi connectivity index (χ3n) is 3.89. The van der Waals surface area contributed by atoms with Crippen molar-refractivity contribution in [3.05, 3.63) is 59.7 Å². The fourth-order valence-electron chi connectivity index (χ4n) is 2.70. The summed E-state index contributed by atoms with van der Waals surface area (Å²) in [5.41, 5.74) is 8.97. The molecule has 1 aliphatic rings. The highest BCUT2D eigenvalue weighted by molar-refractivity contribution is 7.80. The quantitative estimate of drug-likeness (QED) is 0.881. The molecule has 2 N–H and O–H groups in total. The molecule has 0 amide bonds. The minimum Gasteiger partial charge on any atom is -0.493 e. The predicted molar refractivity (Wildman–Crippen MR) is 90.3 cm³/mol. The Hall–Kier alpha value is -2.07. The third kappa shape index (κ3) is 2.85. The van der Waals surface area contributed by atoms with Gasteiger partial charge >= 0.3 is 0 Å². The summed E-state index contributed by atoms with van der Waals surface area (Å²) in [5, 5.41) is 0. The number of nitrogens with two attached hydrogens (primary N) is 1. The van der Waals surface area contributed by atoms with Gasteiger partial charge < -0.3 is 15.4 Å². The van der Waals surface area contributed by atoms with Gasteiger partial charge in [0.15, 0.2) is 0 Å². The smallest absolute Gasteiger partial charge is 0.122 e. The molecule has 21 heavy (non-hydrogen) atoms. The van der Waals surface area contributed by atoms with Crippen LogP contribution in [-0.4, -0.2) is 25.2 Å². The Bertz CT molecular complexity index is 654. The maximum absolute atomic E-state index is 5.74. The highest BCUT2D eigenvalue weighted by atomic mass is 32.1. The fraction of sp³-hybridized carbons (Fsp3) is 0.235. The molecule has 1 atom stereocenters. The number of ether oxygens (including phenoxy) is 1. The van der Waals surface area contributed by atoms with Crippen molar-refractivity contribution in [3.63, 3.8) is 0 Å². The van der Waals surface area contributed by atoms with Crippen LogP contribution in [0.2, 0.25) is 0 Å². The molecule has 0 aliphatic carbocycles. The number of para-hydroxylation sites is 1. The molecule has 2 aromatic carbocycles. The Morgan fingerprint density at radius 1 is 1.24 bits per heavy atom. The van der Waals surface area contributed by atoms with E-state index in [1.165, 1.54) is 5.56 Å². The number of fused-ring (bicyclic) bond motifs is 1. The summed E-state index contributed by atoms with van der Waals surface area (Å²) in [6, 6.07) is 16.3.